The van der Waals surface area contributed by atoms with Gasteiger partial charge >= 0.3 is 0 Å². The first-order chi connectivity index (χ1) is 9.22. The Labute approximate surface area is 119 Å². The number of rotatable bonds is 3. The second-order valence-electron chi connectivity index (χ2n) is 4.51. The highest BCUT2D eigenvalue weighted by Gasteiger charge is 2.16. The summed E-state index contributed by atoms with van der Waals surface area (Å²) >= 11 is 3.62. The van der Waals surface area contributed by atoms with Gasteiger partial charge in [-0.05, 0) is 28.5 Å². The van der Waals surface area contributed by atoms with Crippen molar-refractivity contribution in [3.05, 3.63) is 40.9 Å². The lowest BCUT2D eigenvalue weighted by Gasteiger charge is -1.99. The van der Waals surface area contributed by atoms with E-state index in [9.17, 15) is 0 Å². The molecule has 0 radical (unpaired) electrons. The molecule has 0 atom stereocenters. The molecule has 19 heavy (non-hydrogen) atoms. The van der Waals surface area contributed by atoms with E-state index in [0.717, 1.165) is 33.6 Å². The SMILES string of the molecule is Cn1c(CCN)nc(-c2c[nH]c3ccccc23)c1Br. The molecule has 4 nitrogen and oxygen atoms in total. The maximum Gasteiger partial charge on any atom is 0.112 e. The molecule has 0 saturated carbocycles. The van der Waals surface area contributed by atoms with Gasteiger partial charge in [0.25, 0.3) is 0 Å². The fourth-order valence-electron chi connectivity index (χ4n) is 2.31. The molecule has 0 fully saturated rings. The zero-order valence-electron chi connectivity index (χ0n) is 10.7. The van der Waals surface area contributed by atoms with E-state index in [1.807, 2.05) is 29.9 Å². The average molecular weight is 319 g/mol. The second-order valence-corrected chi connectivity index (χ2v) is 5.26. The van der Waals surface area contributed by atoms with Crippen molar-refractivity contribution in [2.24, 2.45) is 12.8 Å². The summed E-state index contributed by atoms with van der Waals surface area (Å²) in [6.45, 7) is 0.602. The van der Waals surface area contributed by atoms with Gasteiger partial charge in [0.05, 0.1) is 0 Å². The van der Waals surface area contributed by atoms with Crippen molar-refractivity contribution in [2.45, 2.75) is 6.42 Å². The number of fused-ring (bicyclic) bond motifs is 1. The number of aromatic amines is 1. The standard InChI is InChI=1S/C14H15BrN4/c1-19-12(6-7-16)18-13(14(19)15)10-8-17-11-5-3-2-4-9(10)11/h2-5,8,17H,6-7,16H2,1H3. The van der Waals surface area contributed by atoms with Crippen molar-refractivity contribution in [2.75, 3.05) is 6.54 Å². The van der Waals surface area contributed by atoms with Crippen LogP contribution in [-0.4, -0.2) is 21.1 Å². The minimum atomic E-state index is 0.602. The van der Waals surface area contributed by atoms with E-state index in [4.69, 9.17) is 10.7 Å². The molecule has 3 rings (SSSR count). The first-order valence-corrected chi connectivity index (χ1v) is 6.99. The van der Waals surface area contributed by atoms with E-state index in [1.54, 1.807) is 0 Å². The Balaban J connectivity index is 2.19. The molecule has 0 spiro atoms. The lowest BCUT2D eigenvalue weighted by molar-refractivity contribution is 0.767. The molecule has 1 aromatic carbocycles. The van der Waals surface area contributed by atoms with Gasteiger partial charge in [-0.15, -0.1) is 0 Å². The van der Waals surface area contributed by atoms with Crippen LogP contribution >= 0.6 is 15.9 Å². The van der Waals surface area contributed by atoms with E-state index >= 15 is 0 Å². The number of H-pyrrole nitrogens is 1. The minimum Gasteiger partial charge on any atom is -0.360 e. The van der Waals surface area contributed by atoms with Crippen LogP contribution in [0.3, 0.4) is 0 Å². The van der Waals surface area contributed by atoms with Gasteiger partial charge in [0.2, 0.25) is 0 Å². The Morgan fingerprint density at radius 2 is 2.16 bits per heavy atom. The lowest BCUT2D eigenvalue weighted by atomic mass is 10.1. The van der Waals surface area contributed by atoms with Gasteiger partial charge in [-0.1, -0.05) is 18.2 Å². The highest BCUT2D eigenvalue weighted by Crippen LogP contribution is 2.33. The van der Waals surface area contributed by atoms with Crippen LogP contribution in [0.15, 0.2) is 35.1 Å². The van der Waals surface area contributed by atoms with E-state index in [-0.39, 0.29) is 0 Å². The number of hydrogen-bond donors (Lipinski definition) is 2. The largest absolute Gasteiger partial charge is 0.360 e. The third kappa shape index (κ3) is 1.99. The second kappa shape index (κ2) is 4.83. The van der Waals surface area contributed by atoms with Crippen LogP contribution in [0.1, 0.15) is 5.82 Å². The number of halogens is 1. The number of para-hydroxylation sites is 1. The Hall–Kier alpha value is -1.59. The highest BCUT2D eigenvalue weighted by atomic mass is 79.9. The summed E-state index contributed by atoms with van der Waals surface area (Å²) in [5.41, 5.74) is 8.82. The quantitative estimate of drug-likeness (QED) is 0.780. The topological polar surface area (TPSA) is 59.6 Å². The van der Waals surface area contributed by atoms with Crippen LogP contribution in [0, 0.1) is 0 Å². The van der Waals surface area contributed by atoms with Crippen LogP contribution in [0.5, 0.6) is 0 Å². The molecular formula is C14H15BrN4. The van der Waals surface area contributed by atoms with Crippen LogP contribution in [0.2, 0.25) is 0 Å². The molecule has 0 bridgehead atoms. The number of imidazole rings is 1. The normalized spacial score (nSPS) is 11.3. The van der Waals surface area contributed by atoms with E-state index in [2.05, 4.69) is 33.0 Å². The molecule has 0 unspecified atom stereocenters. The summed E-state index contributed by atoms with van der Waals surface area (Å²) < 4.78 is 3.03. The van der Waals surface area contributed by atoms with Gasteiger partial charge in [0.15, 0.2) is 0 Å². The maximum atomic E-state index is 5.62. The lowest BCUT2D eigenvalue weighted by Crippen LogP contribution is -2.07. The molecule has 0 aliphatic rings. The number of benzene rings is 1. The highest BCUT2D eigenvalue weighted by molar-refractivity contribution is 9.10. The molecular weight excluding hydrogens is 304 g/mol. The van der Waals surface area contributed by atoms with Crippen molar-refractivity contribution < 1.29 is 0 Å². The molecule has 0 aliphatic carbocycles. The molecule has 0 saturated heterocycles. The fraction of sp³-hybridized carbons (Fsp3) is 0.214. The zero-order valence-corrected chi connectivity index (χ0v) is 12.2. The van der Waals surface area contributed by atoms with Gasteiger partial charge < -0.3 is 15.3 Å². The molecule has 0 aliphatic heterocycles. The fourth-order valence-corrected chi connectivity index (χ4v) is 2.82. The molecule has 3 aromatic rings. The van der Waals surface area contributed by atoms with Crippen molar-refractivity contribution in [1.82, 2.24) is 14.5 Å². The number of nitrogens with zero attached hydrogens (tertiary/aromatic N) is 2. The Kier molecular flexibility index (Phi) is 3.16. The molecule has 98 valence electrons. The van der Waals surface area contributed by atoms with Crippen LogP contribution < -0.4 is 5.73 Å². The molecule has 2 aromatic heterocycles. The van der Waals surface area contributed by atoms with Crippen molar-refractivity contribution in [1.29, 1.82) is 0 Å². The third-order valence-corrected chi connectivity index (χ3v) is 4.24. The average Bonchev–Trinajstić information content (AvgIpc) is 2.96. The van der Waals surface area contributed by atoms with Crippen LogP contribution in [0.4, 0.5) is 0 Å². The third-order valence-electron chi connectivity index (χ3n) is 3.33. The van der Waals surface area contributed by atoms with Crippen LogP contribution in [-0.2, 0) is 13.5 Å². The smallest absolute Gasteiger partial charge is 0.112 e. The molecule has 2 heterocycles. The monoisotopic (exact) mass is 318 g/mol. The summed E-state index contributed by atoms with van der Waals surface area (Å²) in [4.78, 5) is 7.99. The predicted molar refractivity (Wildman–Crippen MR) is 81.0 cm³/mol. The van der Waals surface area contributed by atoms with Crippen molar-refractivity contribution in [3.63, 3.8) is 0 Å². The first-order valence-electron chi connectivity index (χ1n) is 6.20. The van der Waals surface area contributed by atoms with Gasteiger partial charge in [-0.25, -0.2) is 4.98 Å². The first kappa shape index (κ1) is 12.4. The summed E-state index contributed by atoms with van der Waals surface area (Å²) in [5.74, 6) is 0.995. The van der Waals surface area contributed by atoms with Gasteiger partial charge in [0, 0.05) is 36.1 Å². The van der Waals surface area contributed by atoms with Crippen molar-refractivity contribution >= 4 is 26.8 Å². The van der Waals surface area contributed by atoms with Gasteiger partial charge in [-0.2, -0.15) is 0 Å². The summed E-state index contributed by atoms with van der Waals surface area (Å²) in [6, 6.07) is 8.23. The van der Waals surface area contributed by atoms with Gasteiger partial charge in [0.1, 0.15) is 16.1 Å². The number of aromatic nitrogens is 3. The molecule has 5 heteroatoms. The number of hydrogen-bond acceptors (Lipinski definition) is 2. The zero-order chi connectivity index (χ0) is 13.4. The van der Waals surface area contributed by atoms with E-state index < -0.39 is 0 Å². The molecule has 3 N–H and O–H groups in total. The number of nitrogens with one attached hydrogen (secondary N) is 1. The number of nitrogens with two attached hydrogens (primary N) is 1. The van der Waals surface area contributed by atoms with E-state index in [1.165, 1.54) is 5.39 Å². The minimum absolute atomic E-state index is 0.602. The summed E-state index contributed by atoms with van der Waals surface area (Å²) in [5, 5.41) is 1.18. The Morgan fingerprint density at radius 1 is 1.37 bits per heavy atom. The molecule has 0 amide bonds. The Bertz CT molecular complexity index is 726. The summed E-state index contributed by atoms with van der Waals surface area (Å²) in [7, 11) is 2.00. The van der Waals surface area contributed by atoms with Crippen LogP contribution in [0.25, 0.3) is 22.2 Å². The predicted octanol–water partition coefficient (Wildman–Crippen LogP) is 2.83. The van der Waals surface area contributed by atoms with E-state index in [0.29, 0.717) is 6.54 Å². The maximum absolute atomic E-state index is 5.62. The Morgan fingerprint density at radius 3 is 2.95 bits per heavy atom. The van der Waals surface area contributed by atoms with Crippen molar-refractivity contribution in [3.8, 4) is 11.3 Å². The van der Waals surface area contributed by atoms with Gasteiger partial charge in [-0.3, -0.25) is 0 Å². The summed E-state index contributed by atoms with van der Waals surface area (Å²) in [6.07, 6.45) is 2.78.